The Kier molecular flexibility index (Phi) is 5.08. The number of furan rings is 1. The predicted octanol–water partition coefficient (Wildman–Crippen LogP) is 2.31. The third kappa shape index (κ3) is 5.79. The monoisotopic (exact) mass is 257 g/mol. The third-order valence-electron chi connectivity index (χ3n) is 1.80. The van der Waals surface area contributed by atoms with Gasteiger partial charge in [-0.1, -0.05) is 0 Å². The summed E-state index contributed by atoms with van der Waals surface area (Å²) in [4.78, 5) is 11.4. The second-order valence-electron chi connectivity index (χ2n) is 4.65. The molecule has 1 rings (SSSR count). The number of carbonyl (C=O) groups is 1. The molecule has 96 valence electrons. The Morgan fingerprint density at radius 3 is 2.59 bits per heavy atom. The lowest BCUT2D eigenvalue weighted by molar-refractivity contribution is -0.151. The number of hydrogen-bond acceptors (Lipinski definition) is 5. The number of ether oxygens (including phenoxy) is 1. The van der Waals surface area contributed by atoms with E-state index in [1.165, 1.54) is 11.8 Å². The van der Waals surface area contributed by atoms with Crippen molar-refractivity contribution >= 4 is 17.7 Å². The number of esters is 1. The normalized spacial score (nSPS) is 11.5. The minimum absolute atomic E-state index is 0.201. The van der Waals surface area contributed by atoms with Crippen molar-refractivity contribution in [3.63, 3.8) is 0 Å². The fourth-order valence-corrected chi connectivity index (χ4v) is 1.90. The zero-order valence-corrected chi connectivity index (χ0v) is 11.3. The van der Waals surface area contributed by atoms with Gasteiger partial charge in [0.1, 0.15) is 17.1 Å². The number of hydrogen-bond donors (Lipinski definition) is 1. The van der Waals surface area contributed by atoms with Crippen molar-refractivity contribution in [1.29, 1.82) is 0 Å². The molecule has 0 saturated heterocycles. The summed E-state index contributed by atoms with van der Waals surface area (Å²) in [5.41, 5.74) is 5.01. The lowest BCUT2D eigenvalue weighted by Crippen LogP contribution is -2.24. The topological polar surface area (TPSA) is 65.5 Å². The van der Waals surface area contributed by atoms with E-state index >= 15 is 0 Å². The van der Waals surface area contributed by atoms with Crippen molar-refractivity contribution in [2.24, 2.45) is 5.73 Å². The first kappa shape index (κ1) is 14.1. The Morgan fingerprint density at radius 2 is 2.06 bits per heavy atom. The molecular formula is C12H19NO3S. The molecule has 0 aliphatic carbocycles. The van der Waals surface area contributed by atoms with E-state index < -0.39 is 5.60 Å². The predicted molar refractivity (Wildman–Crippen MR) is 68.6 cm³/mol. The van der Waals surface area contributed by atoms with E-state index in [0.717, 1.165) is 11.5 Å². The summed E-state index contributed by atoms with van der Waals surface area (Å²) in [6.07, 6.45) is 0. The number of thioether (sulfide) groups is 1. The van der Waals surface area contributed by atoms with Gasteiger partial charge >= 0.3 is 5.97 Å². The first-order valence-electron chi connectivity index (χ1n) is 5.48. The van der Waals surface area contributed by atoms with Crippen molar-refractivity contribution in [2.45, 2.75) is 38.7 Å². The molecular weight excluding hydrogens is 238 g/mol. The van der Waals surface area contributed by atoms with Gasteiger partial charge in [-0.2, -0.15) is 0 Å². The lowest BCUT2D eigenvalue weighted by atomic mass is 10.2. The molecule has 1 heterocycles. The molecule has 0 spiro atoms. The van der Waals surface area contributed by atoms with Crippen LogP contribution in [-0.2, 0) is 21.8 Å². The van der Waals surface area contributed by atoms with E-state index in [1.807, 2.05) is 32.9 Å². The van der Waals surface area contributed by atoms with E-state index in [-0.39, 0.29) is 5.97 Å². The van der Waals surface area contributed by atoms with Gasteiger partial charge in [-0.25, -0.2) is 0 Å². The molecule has 0 aromatic carbocycles. The van der Waals surface area contributed by atoms with E-state index in [4.69, 9.17) is 14.9 Å². The molecule has 0 unspecified atom stereocenters. The Labute approximate surface area is 106 Å². The number of rotatable bonds is 5. The van der Waals surface area contributed by atoms with Crippen molar-refractivity contribution in [3.05, 3.63) is 23.7 Å². The zero-order chi connectivity index (χ0) is 12.9. The largest absolute Gasteiger partial charge is 0.464 e. The summed E-state index contributed by atoms with van der Waals surface area (Å²) >= 11 is 1.47. The minimum atomic E-state index is -0.422. The molecule has 5 heteroatoms. The molecule has 0 atom stereocenters. The average molecular weight is 257 g/mol. The first-order valence-corrected chi connectivity index (χ1v) is 6.63. The smallest absolute Gasteiger partial charge is 0.316 e. The molecule has 0 bridgehead atoms. The molecule has 17 heavy (non-hydrogen) atoms. The molecule has 0 saturated carbocycles. The van der Waals surface area contributed by atoms with Gasteiger partial charge in [0.25, 0.3) is 0 Å². The molecule has 1 aromatic rings. The molecule has 2 N–H and O–H groups in total. The Bertz CT molecular complexity index is 368. The highest BCUT2D eigenvalue weighted by atomic mass is 32.2. The summed E-state index contributed by atoms with van der Waals surface area (Å²) in [5, 5.41) is 0. The standard InChI is InChI=1S/C12H19NO3S/c1-12(2,3)16-11(14)8-17-7-10-5-4-9(6-13)15-10/h4-5H,6-8,13H2,1-3H3. The van der Waals surface area contributed by atoms with Crippen LogP contribution < -0.4 is 5.73 Å². The van der Waals surface area contributed by atoms with E-state index in [9.17, 15) is 4.79 Å². The summed E-state index contributed by atoms with van der Waals surface area (Å²) in [6.45, 7) is 5.97. The van der Waals surface area contributed by atoms with Gasteiger partial charge in [-0.15, -0.1) is 11.8 Å². The van der Waals surface area contributed by atoms with Crippen LogP contribution in [0.1, 0.15) is 32.3 Å². The van der Waals surface area contributed by atoms with Gasteiger partial charge < -0.3 is 14.9 Å². The van der Waals surface area contributed by atoms with Gasteiger partial charge in [-0.05, 0) is 32.9 Å². The fourth-order valence-electron chi connectivity index (χ4n) is 1.22. The van der Waals surface area contributed by atoms with E-state index in [2.05, 4.69) is 0 Å². The van der Waals surface area contributed by atoms with Crippen molar-refractivity contribution in [3.8, 4) is 0 Å². The second kappa shape index (κ2) is 6.12. The maximum Gasteiger partial charge on any atom is 0.316 e. The maximum atomic E-state index is 11.4. The van der Waals surface area contributed by atoms with Crippen LogP contribution in [0.3, 0.4) is 0 Å². The van der Waals surface area contributed by atoms with Crippen LogP contribution in [0.15, 0.2) is 16.5 Å². The average Bonchev–Trinajstić information content (AvgIpc) is 2.63. The summed E-state index contributed by atoms with van der Waals surface area (Å²) in [7, 11) is 0. The summed E-state index contributed by atoms with van der Waals surface area (Å²) in [6, 6.07) is 3.73. The maximum absolute atomic E-state index is 11.4. The van der Waals surface area contributed by atoms with Crippen LogP contribution in [0.4, 0.5) is 0 Å². The zero-order valence-electron chi connectivity index (χ0n) is 10.5. The van der Waals surface area contributed by atoms with Crippen LogP contribution in [-0.4, -0.2) is 17.3 Å². The van der Waals surface area contributed by atoms with Gasteiger partial charge in [-0.3, -0.25) is 4.79 Å². The third-order valence-corrected chi connectivity index (χ3v) is 2.73. The second-order valence-corrected chi connectivity index (χ2v) is 5.64. The Balaban J connectivity index is 2.26. The highest BCUT2D eigenvalue weighted by Gasteiger charge is 2.16. The quantitative estimate of drug-likeness (QED) is 0.820. The van der Waals surface area contributed by atoms with Gasteiger partial charge in [0.2, 0.25) is 0 Å². The molecule has 0 radical (unpaired) electrons. The van der Waals surface area contributed by atoms with E-state index in [0.29, 0.717) is 18.1 Å². The molecule has 1 aromatic heterocycles. The fraction of sp³-hybridized carbons (Fsp3) is 0.583. The van der Waals surface area contributed by atoms with Crippen LogP contribution in [0.25, 0.3) is 0 Å². The minimum Gasteiger partial charge on any atom is -0.464 e. The van der Waals surface area contributed by atoms with E-state index in [1.54, 1.807) is 0 Å². The lowest BCUT2D eigenvalue weighted by Gasteiger charge is -2.19. The van der Waals surface area contributed by atoms with Gasteiger partial charge in [0, 0.05) is 0 Å². The van der Waals surface area contributed by atoms with Gasteiger partial charge in [0.05, 0.1) is 18.1 Å². The van der Waals surface area contributed by atoms with Crippen LogP contribution in [0.5, 0.6) is 0 Å². The molecule has 4 nitrogen and oxygen atoms in total. The number of carbonyl (C=O) groups excluding carboxylic acids is 1. The van der Waals surface area contributed by atoms with Gasteiger partial charge in [0.15, 0.2) is 0 Å². The number of nitrogens with two attached hydrogens (primary N) is 1. The Hall–Kier alpha value is -0.940. The van der Waals surface area contributed by atoms with Crippen LogP contribution in [0.2, 0.25) is 0 Å². The molecule has 0 aliphatic rings. The summed E-state index contributed by atoms with van der Waals surface area (Å²) in [5.74, 6) is 2.37. The van der Waals surface area contributed by atoms with Crippen molar-refractivity contribution in [2.75, 3.05) is 5.75 Å². The highest BCUT2D eigenvalue weighted by Crippen LogP contribution is 2.16. The van der Waals surface area contributed by atoms with Crippen LogP contribution in [0, 0.1) is 0 Å². The first-order chi connectivity index (χ1) is 7.90. The molecule has 0 fully saturated rings. The van der Waals surface area contributed by atoms with Crippen LogP contribution >= 0.6 is 11.8 Å². The Morgan fingerprint density at radius 1 is 1.41 bits per heavy atom. The SMILES string of the molecule is CC(C)(C)OC(=O)CSCc1ccc(CN)o1. The van der Waals surface area contributed by atoms with Crippen molar-refractivity contribution in [1.82, 2.24) is 0 Å². The highest BCUT2D eigenvalue weighted by molar-refractivity contribution is 7.99. The van der Waals surface area contributed by atoms with Crippen molar-refractivity contribution < 1.29 is 13.9 Å². The molecule has 0 amide bonds. The molecule has 0 aliphatic heterocycles. The summed E-state index contributed by atoms with van der Waals surface area (Å²) < 4.78 is 10.6.